The molecule has 2 aromatic carbocycles. The van der Waals surface area contributed by atoms with Gasteiger partial charge in [0.15, 0.2) is 11.5 Å². The van der Waals surface area contributed by atoms with Crippen LogP contribution in [0.2, 0.25) is 0 Å². The number of methoxy groups -OCH3 is 2. The Morgan fingerprint density at radius 2 is 1.83 bits per heavy atom. The highest BCUT2D eigenvalue weighted by Gasteiger charge is 2.19. The van der Waals surface area contributed by atoms with E-state index in [1.807, 2.05) is 31.2 Å². The van der Waals surface area contributed by atoms with Crippen LogP contribution in [0, 0.1) is 10.1 Å². The summed E-state index contributed by atoms with van der Waals surface area (Å²) in [7, 11) is 2.87. The number of ether oxygens (including phenoxy) is 3. The molecule has 29 heavy (non-hydrogen) atoms. The van der Waals surface area contributed by atoms with E-state index in [4.69, 9.17) is 14.2 Å². The first-order chi connectivity index (χ1) is 14.0. The Hall–Kier alpha value is -3.55. The highest BCUT2D eigenvalue weighted by Crippen LogP contribution is 2.34. The number of carbonyl (C=O) groups excluding carboxylic acids is 1. The summed E-state index contributed by atoms with van der Waals surface area (Å²) in [6, 6.07) is 10.3. The zero-order chi connectivity index (χ0) is 21.2. The van der Waals surface area contributed by atoms with Crippen molar-refractivity contribution in [3.63, 3.8) is 0 Å². The van der Waals surface area contributed by atoms with Crippen molar-refractivity contribution in [1.29, 1.82) is 0 Å². The number of carbonyl (C=O) groups is 1. The van der Waals surface area contributed by atoms with Crippen LogP contribution in [0.3, 0.4) is 0 Å². The quantitative estimate of drug-likeness (QED) is 0.373. The van der Waals surface area contributed by atoms with E-state index in [-0.39, 0.29) is 30.3 Å². The third-order valence-corrected chi connectivity index (χ3v) is 4.11. The standard InChI is InChI=1S/C21H24N2O6/c1-4-29-18-8-6-5-7-15(18)9-10-21(24)22-12-11-16-13-19(27-2)20(28-3)14-17(16)23(25)26/h5-10,13-14H,4,11-12H2,1-3H3,(H,22,24)/b10-9+. The lowest BCUT2D eigenvalue weighted by Gasteiger charge is -2.10. The van der Waals surface area contributed by atoms with Gasteiger partial charge in [-0.15, -0.1) is 0 Å². The molecule has 1 N–H and O–H groups in total. The topological polar surface area (TPSA) is 99.9 Å². The highest BCUT2D eigenvalue weighted by atomic mass is 16.6. The molecule has 0 aromatic heterocycles. The van der Waals surface area contributed by atoms with Crippen molar-refractivity contribution in [3.8, 4) is 17.2 Å². The normalized spacial score (nSPS) is 10.6. The Bertz CT molecular complexity index is 895. The number of rotatable bonds is 10. The van der Waals surface area contributed by atoms with Gasteiger partial charge in [0, 0.05) is 23.7 Å². The van der Waals surface area contributed by atoms with Crippen LogP contribution in [-0.4, -0.2) is 38.2 Å². The molecule has 0 saturated carbocycles. The van der Waals surface area contributed by atoms with Crippen molar-refractivity contribution in [2.45, 2.75) is 13.3 Å². The molecule has 154 valence electrons. The number of hydrogen-bond donors (Lipinski definition) is 1. The fourth-order valence-electron chi connectivity index (χ4n) is 2.73. The number of benzene rings is 2. The molecular weight excluding hydrogens is 376 g/mol. The minimum absolute atomic E-state index is 0.0851. The van der Waals surface area contributed by atoms with Gasteiger partial charge >= 0.3 is 0 Å². The monoisotopic (exact) mass is 400 g/mol. The van der Waals surface area contributed by atoms with Crippen LogP contribution in [0.25, 0.3) is 6.08 Å². The van der Waals surface area contributed by atoms with Gasteiger partial charge in [-0.2, -0.15) is 0 Å². The van der Waals surface area contributed by atoms with E-state index >= 15 is 0 Å². The van der Waals surface area contributed by atoms with E-state index in [1.54, 1.807) is 12.1 Å². The minimum atomic E-state index is -0.482. The van der Waals surface area contributed by atoms with Crippen molar-refractivity contribution >= 4 is 17.7 Å². The van der Waals surface area contributed by atoms with Gasteiger partial charge < -0.3 is 19.5 Å². The number of nitro groups is 1. The third kappa shape index (κ3) is 5.97. The van der Waals surface area contributed by atoms with E-state index in [1.165, 1.54) is 26.4 Å². The lowest BCUT2D eigenvalue weighted by molar-refractivity contribution is -0.385. The Morgan fingerprint density at radius 3 is 2.48 bits per heavy atom. The summed E-state index contributed by atoms with van der Waals surface area (Å²) in [5.74, 6) is 1.06. The first kappa shape index (κ1) is 21.7. The van der Waals surface area contributed by atoms with Crippen molar-refractivity contribution in [1.82, 2.24) is 5.32 Å². The predicted octanol–water partition coefficient (Wildman–Crippen LogP) is 3.38. The summed E-state index contributed by atoms with van der Waals surface area (Å²) in [5, 5.41) is 14.1. The number of amides is 1. The van der Waals surface area contributed by atoms with Crippen LogP contribution < -0.4 is 19.5 Å². The largest absolute Gasteiger partial charge is 0.493 e. The van der Waals surface area contributed by atoms with Crippen LogP contribution in [0.15, 0.2) is 42.5 Å². The fourth-order valence-corrected chi connectivity index (χ4v) is 2.73. The molecule has 0 atom stereocenters. The Morgan fingerprint density at radius 1 is 1.14 bits per heavy atom. The average Bonchev–Trinajstić information content (AvgIpc) is 2.72. The van der Waals surface area contributed by atoms with E-state index in [9.17, 15) is 14.9 Å². The highest BCUT2D eigenvalue weighted by molar-refractivity contribution is 5.92. The molecule has 0 spiro atoms. The molecule has 8 heteroatoms. The molecule has 0 saturated heterocycles. The lowest BCUT2D eigenvalue weighted by atomic mass is 10.1. The van der Waals surface area contributed by atoms with Crippen molar-refractivity contribution in [2.75, 3.05) is 27.4 Å². The lowest BCUT2D eigenvalue weighted by Crippen LogP contribution is -2.23. The molecule has 0 unspecified atom stereocenters. The summed E-state index contributed by atoms with van der Waals surface area (Å²) >= 11 is 0. The second kappa shape index (κ2) is 10.7. The zero-order valence-electron chi connectivity index (χ0n) is 16.6. The summed E-state index contributed by atoms with van der Waals surface area (Å²) in [6.45, 7) is 2.65. The predicted molar refractivity (Wildman–Crippen MR) is 110 cm³/mol. The molecule has 2 aromatic rings. The second-order valence-electron chi connectivity index (χ2n) is 5.94. The third-order valence-electron chi connectivity index (χ3n) is 4.11. The first-order valence-corrected chi connectivity index (χ1v) is 9.07. The van der Waals surface area contributed by atoms with Gasteiger partial charge in [-0.05, 0) is 31.6 Å². The average molecular weight is 400 g/mol. The zero-order valence-corrected chi connectivity index (χ0v) is 16.6. The smallest absolute Gasteiger partial charge is 0.276 e. The maximum Gasteiger partial charge on any atom is 0.276 e. The molecule has 1 amide bonds. The summed E-state index contributed by atoms with van der Waals surface area (Å²) in [4.78, 5) is 22.9. The number of hydrogen-bond acceptors (Lipinski definition) is 6. The molecule has 0 heterocycles. The van der Waals surface area contributed by atoms with Gasteiger partial charge in [0.1, 0.15) is 5.75 Å². The van der Waals surface area contributed by atoms with Gasteiger partial charge in [0.05, 0.1) is 31.8 Å². The summed E-state index contributed by atoms with van der Waals surface area (Å²) < 4.78 is 15.8. The van der Waals surface area contributed by atoms with Gasteiger partial charge in [0.25, 0.3) is 5.69 Å². The fraction of sp³-hybridized carbons (Fsp3) is 0.286. The van der Waals surface area contributed by atoms with Crippen LogP contribution in [-0.2, 0) is 11.2 Å². The van der Waals surface area contributed by atoms with Crippen LogP contribution in [0.5, 0.6) is 17.2 Å². The minimum Gasteiger partial charge on any atom is -0.493 e. The Labute approximate surface area is 169 Å². The van der Waals surface area contributed by atoms with Gasteiger partial charge in [-0.3, -0.25) is 14.9 Å². The van der Waals surface area contributed by atoms with Gasteiger partial charge in [-0.25, -0.2) is 0 Å². The Kier molecular flexibility index (Phi) is 8.02. The van der Waals surface area contributed by atoms with E-state index in [0.717, 1.165) is 5.56 Å². The molecule has 0 bridgehead atoms. The molecular formula is C21H24N2O6. The molecule has 0 aliphatic carbocycles. The number of nitro benzene ring substituents is 1. The van der Waals surface area contributed by atoms with Crippen molar-refractivity contribution in [2.24, 2.45) is 0 Å². The van der Waals surface area contributed by atoms with Gasteiger partial charge in [0.2, 0.25) is 5.91 Å². The maximum atomic E-state index is 12.1. The molecule has 0 aliphatic rings. The van der Waals surface area contributed by atoms with E-state index < -0.39 is 4.92 Å². The SMILES string of the molecule is CCOc1ccccc1/C=C/C(=O)NCCc1cc(OC)c(OC)cc1[N+](=O)[O-]. The second-order valence-corrected chi connectivity index (χ2v) is 5.94. The number of nitrogens with one attached hydrogen (secondary N) is 1. The molecule has 0 radical (unpaired) electrons. The maximum absolute atomic E-state index is 12.1. The molecule has 2 rings (SSSR count). The first-order valence-electron chi connectivity index (χ1n) is 9.07. The van der Waals surface area contributed by atoms with Crippen molar-refractivity contribution in [3.05, 3.63) is 63.7 Å². The van der Waals surface area contributed by atoms with Crippen molar-refractivity contribution < 1.29 is 23.9 Å². The Balaban J connectivity index is 2.02. The molecule has 8 nitrogen and oxygen atoms in total. The number of para-hydroxylation sites is 1. The van der Waals surface area contributed by atoms with Crippen LogP contribution in [0.1, 0.15) is 18.1 Å². The summed E-state index contributed by atoms with van der Waals surface area (Å²) in [6.07, 6.45) is 3.34. The van der Waals surface area contributed by atoms with E-state index in [0.29, 0.717) is 23.7 Å². The van der Waals surface area contributed by atoms with Gasteiger partial charge in [-0.1, -0.05) is 18.2 Å². The molecule has 0 aliphatic heterocycles. The molecule has 0 fully saturated rings. The van der Waals surface area contributed by atoms with E-state index in [2.05, 4.69) is 5.32 Å². The van der Waals surface area contributed by atoms with Crippen LogP contribution >= 0.6 is 0 Å². The number of nitrogens with zero attached hydrogens (tertiary/aromatic N) is 1. The van der Waals surface area contributed by atoms with Crippen LogP contribution in [0.4, 0.5) is 5.69 Å². The summed E-state index contributed by atoms with van der Waals surface area (Å²) in [5.41, 5.74) is 1.15.